The number of carbonyl (C=O) groups excluding carboxylic acids is 1. The zero-order valence-corrected chi connectivity index (χ0v) is 16.5. The standard InChI is InChI=1S/C20H20Cl2N2O4/c21-16-6-5-12(9-17(16)22)18-13(10-23-7-8-28-18)11-24-19(25)14-3-1-2-4-15(14)20(26)27/h1-6,9,13,18,23H,7-8,10-11H2,(H,24,25)(H,26,27). The normalized spacial score (nSPS) is 19.6. The Hall–Kier alpha value is -2.12. The fraction of sp³-hybridized carbons (Fsp3) is 0.300. The summed E-state index contributed by atoms with van der Waals surface area (Å²) in [5.41, 5.74) is 0.975. The van der Waals surface area contributed by atoms with Crippen molar-refractivity contribution in [1.29, 1.82) is 0 Å². The summed E-state index contributed by atoms with van der Waals surface area (Å²) in [6.45, 7) is 2.16. The summed E-state index contributed by atoms with van der Waals surface area (Å²) in [6, 6.07) is 11.5. The molecule has 0 bridgehead atoms. The van der Waals surface area contributed by atoms with Crippen molar-refractivity contribution in [2.75, 3.05) is 26.2 Å². The predicted octanol–water partition coefficient (Wildman–Crippen LogP) is 3.40. The number of carbonyl (C=O) groups is 2. The maximum atomic E-state index is 12.6. The molecular formula is C20H20Cl2N2O4. The van der Waals surface area contributed by atoms with Gasteiger partial charge in [-0.3, -0.25) is 4.79 Å². The van der Waals surface area contributed by atoms with Crippen molar-refractivity contribution in [3.63, 3.8) is 0 Å². The molecule has 1 saturated heterocycles. The Balaban J connectivity index is 1.76. The third-order valence-corrected chi connectivity index (χ3v) is 5.35. The zero-order valence-electron chi connectivity index (χ0n) is 15.0. The van der Waals surface area contributed by atoms with Gasteiger partial charge in [-0.15, -0.1) is 0 Å². The van der Waals surface area contributed by atoms with Crippen LogP contribution in [0.5, 0.6) is 0 Å². The Morgan fingerprint density at radius 3 is 2.61 bits per heavy atom. The first kappa shape index (κ1) is 20.6. The Kier molecular flexibility index (Phi) is 6.91. The molecule has 1 aliphatic rings. The average molecular weight is 423 g/mol. The fourth-order valence-electron chi connectivity index (χ4n) is 3.21. The molecule has 2 atom stereocenters. The Morgan fingerprint density at radius 1 is 1.14 bits per heavy atom. The van der Waals surface area contributed by atoms with Gasteiger partial charge in [-0.25, -0.2) is 4.79 Å². The van der Waals surface area contributed by atoms with Crippen LogP contribution >= 0.6 is 23.2 Å². The molecule has 0 saturated carbocycles. The summed E-state index contributed by atoms with van der Waals surface area (Å²) >= 11 is 12.2. The summed E-state index contributed by atoms with van der Waals surface area (Å²) < 4.78 is 5.99. The highest BCUT2D eigenvalue weighted by Crippen LogP contribution is 2.32. The summed E-state index contributed by atoms with van der Waals surface area (Å²) in [4.78, 5) is 23.9. The topological polar surface area (TPSA) is 87.7 Å². The van der Waals surface area contributed by atoms with Gasteiger partial charge in [0.15, 0.2) is 0 Å². The van der Waals surface area contributed by atoms with Crippen LogP contribution in [-0.2, 0) is 4.74 Å². The lowest BCUT2D eigenvalue weighted by Gasteiger charge is -2.26. The molecule has 0 aliphatic carbocycles. The number of carboxylic acids is 1. The molecule has 1 amide bonds. The highest BCUT2D eigenvalue weighted by atomic mass is 35.5. The van der Waals surface area contributed by atoms with Crippen molar-refractivity contribution in [3.05, 3.63) is 69.2 Å². The second-order valence-electron chi connectivity index (χ2n) is 6.49. The van der Waals surface area contributed by atoms with Crippen molar-refractivity contribution >= 4 is 35.1 Å². The summed E-state index contributed by atoms with van der Waals surface area (Å²) in [5, 5.41) is 16.3. The van der Waals surface area contributed by atoms with Crippen LogP contribution in [0.3, 0.4) is 0 Å². The molecule has 3 N–H and O–H groups in total. The Labute approximate surface area is 172 Å². The number of ether oxygens (including phenoxy) is 1. The molecule has 2 unspecified atom stereocenters. The lowest BCUT2D eigenvalue weighted by molar-refractivity contribution is 0.0305. The van der Waals surface area contributed by atoms with Crippen LogP contribution in [0.25, 0.3) is 0 Å². The van der Waals surface area contributed by atoms with E-state index in [4.69, 9.17) is 27.9 Å². The molecule has 3 rings (SSSR count). The summed E-state index contributed by atoms with van der Waals surface area (Å²) in [6.07, 6.45) is -0.278. The van der Waals surface area contributed by atoms with Crippen LogP contribution in [0.4, 0.5) is 0 Å². The molecule has 148 valence electrons. The number of amides is 1. The van der Waals surface area contributed by atoms with Crippen LogP contribution in [-0.4, -0.2) is 43.2 Å². The first-order valence-electron chi connectivity index (χ1n) is 8.85. The quantitative estimate of drug-likeness (QED) is 0.686. The van der Waals surface area contributed by atoms with Crippen molar-refractivity contribution in [2.24, 2.45) is 5.92 Å². The van der Waals surface area contributed by atoms with Gasteiger partial charge >= 0.3 is 5.97 Å². The van der Waals surface area contributed by atoms with E-state index in [2.05, 4.69) is 10.6 Å². The number of nitrogens with one attached hydrogen (secondary N) is 2. The third-order valence-electron chi connectivity index (χ3n) is 4.61. The average Bonchev–Trinajstić information content (AvgIpc) is 2.93. The van der Waals surface area contributed by atoms with E-state index in [1.807, 2.05) is 6.07 Å². The first-order valence-corrected chi connectivity index (χ1v) is 9.60. The molecule has 2 aromatic carbocycles. The SMILES string of the molecule is O=C(O)c1ccccc1C(=O)NCC1CNCCOC1c1ccc(Cl)c(Cl)c1. The predicted molar refractivity (Wildman–Crippen MR) is 107 cm³/mol. The molecule has 2 aromatic rings. The van der Waals surface area contributed by atoms with Gasteiger partial charge in [0, 0.05) is 25.6 Å². The lowest BCUT2D eigenvalue weighted by Crippen LogP contribution is -2.37. The molecule has 28 heavy (non-hydrogen) atoms. The van der Waals surface area contributed by atoms with Crippen LogP contribution in [0.2, 0.25) is 10.0 Å². The van der Waals surface area contributed by atoms with Gasteiger partial charge in [-0.1, -0.05) is 41.4 Å². The van der Waals surface area contributed by atoms with Gasteiger partial charge in [0.05, 0.1) is 33.9 Å². The second-order valence-corrected chi connectivity index (χ2v) is 7.30. The Bertz CT molecular complexity index is 875. The number of benzene rings is 2. The zero-order chi connectivity index (χ0) is 20.1. The largest absolute Gasteiger partial charge is 0.478 e. The van der Waals surface area contributed by atoms with E-state index in [0.29, 0.717) is 36.3 Å². The first-order chi connectivity index (χ1) is 13.5. The minimum Gasteiger partial charge on any atom is -0.478 e. The van der Waals surface area contributed by atoms with E-state index in [9.17, 15) is 14.7 Å². The molecule has 8 heteroatoms. The Morgan fingerprint density at radius 2 is 1.89 bits per heavy atom. The number of hydrogen-bond acceptors (Lipinski definition) is 4. The minimum absolute atomic E-state index is 0.0312. The molecule has 1 aliphatic heterocycles. The van der Waals surface area contributed by atoms with Gasteiger partial charge in [-0.2, -0.15) is 0 Å². The van der Waals surface area contributed by atoms with E-state index in [0.717, 1.165) is 5.56 Å². The summed E-state index contributed by atoms with van der Waals surface area (Å²) in [7, 11) is 0. The highest BCUT2D eigenvalue weighted by Gasteiger charge is 2.27. The van der Waals surface area contributed by atoms with Gasteiger partial charge in [0.25, 0.3) is 5.91 Å². The van der Waals surface area contributed by atoms with Crippen LogP contribution in [0.15, 0.2) is 42.5 Å². The molecule has 1 heterocycles. The van der Waals surface area contributed by atoms with E-state index >= 15 is 0 Å². The molecule has 6 nitrogen and oxygen atoms in total. The number of hydrogen-bond donors (Lipinski definition) is 3. The van der Waals surface area contributed by atoms with Crippen molar-refractivity contribution in [3.8, 4) is 0 Å². The molecular weight excluding hydrogens is 403 g/mol. The van der Waals surface area contributed by atoms with E-state index in [1.165, 1.54) is 12.1 Å². The van der Waals surface area contributed by atoms with E-state index in [1.54, 1.807) is 24.3 Å². The maximum Gasteiger partial charge on any atom is 0.336 e. The number of aromatic carboxylic acids is 1. The second kappa shape index (κ2) is 9.39. The van der Waals surface area contributed by atoms with E-state index < -0.39 is 11.9 Å². The molecule has 0 spiro atoms. The van der Waals surface area contributed by atoms with Crippen LogP contribution < -0.4 is 10.6 Å². The summed E-state index contributed by atoms with van der Waals surface area (Å²) in [5.74, 6) is -1.64. The maximum absolute atomic E-state index is 12.6. The van der Waals surface area contributed by atoms with Crippen LogP contribution in [0.1, 0.15) is 32.4 Å². The van der Waals surface area contributed by atoms with Gasteiger partial charge in [0.1, 0.15) is 0 Å². The molecule has 0 radical (unpaired) electrons. The van der Waals surface area contributed by atoms with Gasteiger partial charge in [-0.05, 0) is 29.8 Å². The van der Waals surface area contributed by atoms with Crippen molar-refractivity contribution < 1.29 is 19.4 Å². The fourth-order valence-corrected chi connectivity index (χ4v) is 3.52. The molecule has 0 aromatic heterocycles. The lowest BCUT2D eigenvalue weighted by atomic mass is 9.95. The minimum atomic E-state index is -1.14. The van der Waals surface area contributed by atoms with Gasteiger partial charge < -0.3 is 20.5 Å². The van der Waals surface area contributed by atoms with E-state index in [-0.39, 0.29) is 23.1 Å². The van der Waals surface area contributed by atoms with Crippen molar-refractivity contribution in [2.45, 2.75) is 6.10 Å². The number of carboxylic acid groups (broad SMARTS) is 1. The van der Waals surface area contributed by atoms with Crippen LogP contribution in [0, 0.1) is 5.92 Å². The number of rotatable bonds is 5. The monoisotopic (exact) mass is 422 g/mol. The third kappa shape index (κ3) is 4.83. The smallest absolute Gasteiger partial charge is 0.336 e. The molecule has 1 fully saturated rings. The highest BCUT2D eigenvalue weighted by molar-refractivity contribution is 6.42. The van der Waals surface area contributed by atoms with Gasteiger partial charge in [0.2, 0.25) is 0 Å². The van der Waals surface area contributed by atoms with Crippen molar-refractivity contribution in [1.82, 2.24) is 10.6 Å². The number of halogens is 2.